The zero-order valence-corrected chi connectivity index (χ0v) is 18.1. The van der Waals surface area contributed by atoms with E-state index in [1.54, 1.807) is 32.4 Å². The monoisotopic (exact) mass is 415 g/mol. The van der Waals surface area contributed by atoms with Crippen LogP contribution in [0, 0.1) is 6.92 Å². The number of aromatic amines is 1. The lowest BCUT2D eigenvalue weighted by molar-refractivity contribution is 0.0729. The number of ether oxygens (including phenoxy) is 3. The van der Waals surface area contributed by atoms with Crippen molar-refractivity contribution in [2.24, 2.45) is 0 Å². The van der Waals surface area contributed by atoms with Gasteiger partial charge < -0.3 is 19.2 Å². The predicted octanol–water partition coefficient (Wildman–Crippen LogP) is 5.94. The molecule has 1 heterocycles. The van der Waals surface area contributed by atoms with Crippen molar-refractivity contribution < 1.29 is 19.0 Å². The van der Waals surface area contributed by atoms with Gasteiger partial charge in [-0.15, -0.1) is 0 Å². The molecule has 0 amide bonds. The topological polar surface area (TPSA) is 60.5 Å². The summed E-state index contributed by atoms with van der Waals surface area (Å²) in [6.45, 7) is 4.12. The van der Waals surface area contributed by atoms with E-state index in [1.807, 2.05) is 42.5 Å². The molecule has 5 nitrogen and oxygen atoms in total. The van der Waals surface area contributed by atoms with Crippen LogP contribution in [0.4, 0.5) is 0 Å². The fourth-order valence-electron chi connectivity index (χ4n) is 4.01. The summed E-state index contributed by atoms with van der Waals surface area (Å²) in [5, 5.41) is 1.07. The lowest BCUT2D eigenvalue weighted by Gasteiger charge is -2.17. The van der Waals surface area contributed by atoms with Crippen LogP contribution >= 0.6 is 0 Å². The van der Waals surface area contributed by atoms with E-state index in [9.17, 15) is 4.79 Å². The second kappa shape index (κ2) is 8.56. The summed E-state index contributed by atoms with van der Waals surface area (Å²) < 4.78 is 16.9. The molecule has 0 saturated heterocycles. The number of hydrogen-bond donors (Lipinski definition) is 1. The smallest absolute Gasteiger partial charge is 0.343 e. The number of nitrogens with one attached hydrogen (secondary N) is 1. The lowest BCUT2D eigenvalue weighted by atomic mass is 9.94. The van der Waals surface area contributed by atoms with E-state index in [0.717, 1.165) is 39.0 Å². The minimum Gasteiger partial charge on any atom is -0.497 e. The van der Waals surface area contributed by atoms with Crippen LogP contribution in [0.25, 0.3) is 22.0 Å². The highest BCUT2D eigenvalue weighted by molar-refractivity contribution is 5.99. The summed E-state index contributed by atoms with van der Waals surface area (Å²) in [5.74, 6) is 1.36. The first-order chi connectivity index (χ1) is 15.1. The summed E-state index contributed by atoms with van der Waals surface area (Å²) in [5.41, 5.74) is 5.68. The standard InChI is InChI=1S/C26H25NO4/c1-5-19-20(24-16(2)27-22-13-11-18(29-3)15-21(22)24)12-14-23(25(19)30-4)31-26(28)17-9-7-6-8-10-17/h6-15,27H,5H2,1-4H3. The van der Waals surface area contributed by atoms with Crippen LogP contribution in [0.1, 0.15) is 28.5 Å². The Morgan fingerprint density at radius 1 is 0.968 bits per heavy atom. The van der Waals surface area contributed by atoms with Crippen molar-refractivity contribution in [3.05, 3.63) is 77.5 Å². The van der Waals surface area contributed by atoms with Crippen LogP contribution in [-0.2, 0) is 6.42 Å². The first-order valence-electron chi connectivity index (χ1n) is 10.2. The van der Waals surface area contributed by atoms with Gasteiger partial charge in [-0.3, -0.25) is 0 Å². The Hall–Kier alpha value is -3.73. The number of rotatable bonds is 6. The Morgan fingerprint density at radius 3 is 2.42 bits per heavy atom. The van der Waals surface area contributed by atoms with Crippen molar-refractivity contribution in [2.45, 2.75) is 20.3 Å². The summed E-state index contributed by atoms with van der Waals surface area (Å²) in [6, 6.07) is 18.7. The Labute approximate surface area is 181 Å². The summed E-state index contributed by atoms with van der Waals surface area (Å²) in [4.78, 5) is 16.1. The number of carbonyl (C=O) groups excluding carboxylic acids is 1. The largest absolute Gasteiger partial charge is 0.497 e. The van der Waals surface area contributed by atoms with Gasteiger partial charge in [0.05, 0.1) is 19.8 Å². The van der Waals surface area contributed by atoms with Crippen LogP contribution < -0.4 is 14.2 Å². The highest BCUT2D eigenvalue weighted by atomic mass is 16.6. The van der Waals surface area contributed by atoms with Crippen LogP contribution in [0.3, 0.4) is 0 Å². The first kappa shape index (κ1) is 20.5. The molecule has 0 aliphatic carbocycles. The second-order valence-corrected chi connectivity index (χ2v) is 7.27. The minimum atomic E-state index is -0.415. The Morgan fingerprint density at radius 2 is 1.74 bits per heavy atom. The quantitative estimate of drug-likeness (QED) is 0.313. The van der Waals surface area contributed by atoms with Crippen LogP contribution in [0.2, 0.25) is 0 Å². The number of benzene rings is 3. The molecule has 0 atom stereocenters. The molecule has 158 valence electrons. The molecule has 0 saturated carbocycles. The van der Waals surface area contributed by atoms with Crippen molar-refractivity contribution in [1.82, 2.24) is 4.98 Å². The Bertz CT molecular complexity index is 1240. The van der Waals surface area contributed by atoms with Crippen LogP contribution in [0.15, 0.2) is 60.7 Å². The van der Waals surface area contributed by atoms with E-state index < -0.39 is 5.97 Å². The molecular weight excluding hydrogens is 390 g/mol. The molecule has 4 rings (SSSR count). The number of aromatic nitrogens is 1. The normalized spacial score (nSPS) is 10.8. The van der Waals surface area contributed by atoms with Gasteiger partial charge in [0.1, 0.15) is 5.75 Å². The van der Waals surface area contributed by atoms with Crippen molar-refractivity contribution >= 4 is 16.9 Å². The maximum absolute atomic E-state index is 12.6. The van der Waals surface area contributed by atoms with E-state index in [-0.39, 0.29) is 0 Å². The maximum atomic E-state index is 12.6. The van der Waals surface area contributed by atoms with Gasteiger partial charge in [0, 0.05) is 27.7 Å². The third kappa shape index (κ3) is 3.75. The summed E-state index contributed by atoms with van der Waals surface area (Å²) in [6.07, 6.45) is 0.714. The Kier molecular flexibility index (Phi) is 5.67. The molecule has 1 aromatic heterocycles. The van der Waals surface area contributed by atoms with Crippen LogP contribution in [0.5, 0.6) is 17.2 Å². The molecular formula is C26H25NO4. The fourth-order valence-corrected chi connectivity index (χ4v) is 4.01. The molecule has 0 fully saturated rings. The highest BCUT2D eigenvalue weighted by Gasteiger charge is 2.21. The van der Waals surface area contributed by atoms with E-state index in [1.165, 1.54) is 0 Å². The zero-order chi connectivity index (χ0) is 22.0. The van der Waals surface area contributed by atoms with Gasteiger partial charge in [-0.25, -0.2) is 4.79 Å². The molecule has 0 aliphatic heterocycles. The van der Waals surface area contributed by atoms with E-state index in [4.69, 9.17) is 14.2 Å². The number of H-pyrrole nitrogens is 1. The van der Waals surface area contributed by atoms with E-state index in [0.29, 0.717) is 23.5 Å². The molecule has 0 aliphatic rings. The number of methoxy groups -OCH3 is 2. The van der Waals surface area contributed by atoms with Gasteiger partial charge in [-0.2, -0.15) is 0 Å². The molecule has 31 heavy (non-hydrogen) atoms. The molecule has 0 radical (unpaired) electrons. The number of carbonyl (C=O) groups is 1. The molecule has 0 bridgehead atoms. The average Bonchev–Trinajstić information content (AvgIpc) is 3.13. The van der Waals surface area contributed by atoms with Gasteiger partial charge in [0.15, 0.2) is 11.5 Å². The van der Waals surface area contributed by atoms with Crippen molar-refractivity contribution in [3.63, 3.8) is 0 Å². The third-order valence-corrected chi connectivity index (χ3v) is 5.46. The van der Waals surface area contributed by atoms with Crippen molar-refractivity contribution in [1.29, 1.82) is 0 Å². The van der Waals surface area contributed by atoms with Crippen molar-refractivity contribution in [2.75, 3.05) is 14.2 Å². The lowest BCUT2D eigenvalue weighted by Crippen LogP contribution is -2.10. The van der Waals surface area contributed by atoms with Gasteiger partial charge in [-0.05, 0) is 55.3 Å². The van der Waals surface area contributed by atoms with Gasteiger partial charge in [0.25, 0.3) is 0 Å². The number of aryl methyl sites for hydroxylation is 1. The Balaban J connectivity index is 1.83. The predicted molar refractivity (Wildman–Crippen MR) is 122 cm³/mol. The third-order valence-electron chi connectivity index (χ3n) is 5.46. The van der Waals surface area contributed by atoms with Gasteiger partial charge in [0.2, 0.25) is 0 Å². The number of fused-ring (bicyclic) bond motifs is 1. The van der Waals surface area contributed by atoms with Gasteiger partial charge in [-0.1, -0.05) is 31.2 Å². The first-order valence-corrected chi connectivity index (χ1v) is 10.2. The molecule has 0 spiro atoms. The molecule has 3 aromatic carbocycles. The number of hydrogen-bond acceptors (Lipinski definition) is 4. The molecule has 5 heteroatoms. The molecule has 4 aromatic rings. The van der Waals surface area contributed by atoms with Crippen molar-refractivity contribution in [3.8, 4) is 28.4 Å². The molecule has 0 unspecified atom stereocenters. The number of esters is 1. The maximum Gasteiger partial charge on any atom is 0.343 e. The minimum absolute atomic E-state index is 0.409. The zero-order valence-electron chi connectivity index (χ0n) is 18.1. The van der Waals surface area contributed by atoms with E-state index >= 15 is 0 Å². The highest BCUT2D eigenvalue weighted by Crippen LogP contribution is 2.43. The fraction of sp³-hybridized carbons (Fsp3) is 0.192. The average molecular weight is 415 g/mol. The van der Waals surface area contributed by atoms with Gasteiger partial charge >= 0.3 is 5.97 Å². The van der Waals surface area contributed by atoms with E-state index in [2.05, 4.69) is 18.8 Å². The second-order valence-electron chi connectivity index (χ2n) is 7.27. The summed E-state index contributed by atoms with van der Waals surface area (Å²) >= 11 is 0. The summed E-state index contributed by atoms with van der Waals surface area (Å²) in [7, 11) is 3.26. The molecule has 1 N–H and O–H groups in total. The SMILES string of the molecule is CCc1c(-c2c(C)[nH]c3ccc(OC)cc23)ccc(OC(=O)c2ccccc2)c1OC. The van der Waals surface area contributed by atoms with Crippen LogP contribution in [-0.4, -0.2) is 25.2 Å².